The van der Waals surface area contributed by atoms with Gasteiger partial charge in [0.25, 0.3) is 5.91 Å². The first-order chi connectivity index (χ1) is 7.88. The van der Waals surface area contributed by atoms with Crippen molar-refractivity contribution in [2.45, 2.75) is 26.4 Å². The van der Waals surface area contributed by atoms with Crippen molar-refractivity contribution in [3.63, 3.8) is 0 Å². The predicted molar refractivity (Wildman–Crippen MR) is 60.2 cm³/mol. The molecule has 0 aliphatic heterocycles. The van der Waals surface area contributed by atoms with Crippen molar-refractivity contribution in [3.8, 4) is 0 Å². The third-order valence-corrected chi connectivity index (χ3v) is 1.80. The Morgan fingerprint density at radius 1 is 1.41 bits per heavy atom. The van der Waals surface area contributed by atoms with E-state index in [1.54, 1.807) is 13.8 Å². The number of esters is 1. The Hall–Kier alpha value is -1.85. The molecule has 0 fully saturated rings. The summed E-state index contributed by atoms with van der Waals surface area (Å²) in [4.78, 5) is 33.3. The van der Waals surface area contributed by atoms with Crippen LogP contribution in [-0.4, -0.2) is 35.6 Å². The molecule has 1 amide bonds. The zero-order chi connectivity index (χ0) is 13.4. The maximum absolute atomic E-state index is 11.5. The summed E-state index contributed by atoms with van der Waals surface area (Å²) in [6, 6.07) is 0. The lowest BCUT2D eigenvalue weighted by Crippen LogP contribution is -2.39. The Labute approximate surface area is 99.6 Å². The second kappa shape index (κ2) is 7.43. The van der Waals surface area contributed by atoms with Crippen LogP contribution in [0.5, 0.6) is 0 Å². The highest BCUT2D eigenvalue weighted by molar-refractivity contribution is 5.87. The van der Waals surface area contributed by atoms with Crippen molar-refractivity contribution in [3.05, 3.63) is 12.7 Å². The molecule has 0 aromatic carbocycles. The van der Waals surface area contributed by atoms with E-state index in [4.69, 9.17) is 9.84 Å². The van der Waals surface area contributed by atoms with Gasteiger partial charge in [-0.2, -0.15) is 0 Å². The van der Waals surface area contributed by atoms with Crippen molar-refractivity contribution in [2.75, 3.05) is 6.54 Å². The van der Waals surface area contributed by atoms with E-state index in [9.17, 15) is 14.4 Å². The fraction of sp³-hybridized carbons (Fsp3) is 0.545. The molecule has 96 valence electrons. The van der Waals surface area contributed by atoms with Crippen molar-refractivity contribution >= 4 is 17.8 Å². The van der Waals surface area contributed by atoms with E-state index in [1.807, 2.05) is 0 Å². The molecule has 2 N–H and O–H groups in total. The predicted octanol–water partition coefficient (Wildman–Crippen LogP) is 0.331. The first-order valence-corrected chi connectivity index (χ1v) is 5.19. The van der Waals surface area contributed by atoms with Gasteiger partial charge in [0.15, 0.2) is 6.10 Å². The van der Waals surface area contributed by atoms with Crippen LogP contribution >= 0.6 is 0 Å². The van der Waals surface area contributed by atoms with Crippen molar-refractivity contribution < 1.29 is 24.2 Å². The molecule has 0 aliphatic rings. The van der Waals surface area contributed by atoms with Crippen LogP contribution in [0.3, 0.4) is 0 Å². The second-order valence-electron chi connectivity index (χ2n) is 3.71. The molecular formula is C11H17NO5. The number of amides is 1. The molecule has 0 aromatic heterocycles. The minimum Gasteiger partial charge on any atom is -0.481 e. The highest BCUT2D eigenvalue weighted by atomic mass is 16.5. The zero-order valence-corrected chi connectivity index (χ0v) is 9.93. The van der Waals surface area contributed by atoms with E-state index in [0.29, 0.717) is 0 Å². The lowest BCUT2D eigenvalue weighted by molar-refractivity contribution is -0.162. The van der Waals surface area contributed by atoms with E-state index in [-0.39, 0.29) is 6.54 Å². The van der Waals surface area contributed by atoms with Crippen molar-refractivity contribution in [2.24, 2.45) is 5.92 Å². The number of hydrogen-bond donors (Lipinski definition) is 2. The standard InChI is InChI=1S/C11H17NO5/c1-4-5-12-10(15)8(6-9(13)14)17-11(16)7(2)3/h4,7-8H,1,5-6H2,2-3H3,(H,12,15)(H,13,14). The van der Waals surface area contributed by atoms with Crippen LogP contribution in [0.15, 0.2) is 12.7 Å². The van der Waals surface area contributed by atoms with Gasteiger partial charge in [0.2, 0.25) is 0 Å². The number of carboxylic acid groups (broad SMARTS) is 1. The Bertz CT molecular complexity index is 311. The van der Waals surface area contributed by atoms with Crippen LogP contribution in [0.4, 0.5) is 0 Å². The van der Waals surface area contributed by atoms with Crippen LogP contribution in [0.2, 0.25) is 0 Å². The zero-order valence-electron chi connectivity index (χ0n) is 9.93. The van der Waals surface area contributed by atoms with Crippen LogP contribution in [-0.2, 0) is 19.1 Å². The van der Waals surface area contributed by atoms with Crippen molar-refractivity contribution in [1.29, 1.82) is 0 Å². The summed E-state index contributed by atoms with van der Waals surface area (Å²) in [5, 5.41) is 11.0. The van der Waals surface area contributed by atoms with Crippen LogP contribution < -0.4 is 5.32 Å². The third-order valence-electron chi connectivity index (χ3n) is 1.80. The van der Waals surface area contributed by atoms with Crippen LogP contribution in [0.1, 0.15) is 20.3 Å². The first kappa shape index (κ1) is 15.2. The molecule has 0 heterocycles. The fourth-order valence-corrected chi connectivity index (χ4v) is 0.909. The largest absolute Gasteiger partial charge is 0.481 e. The molecular weight excluding hydrogens is 226 g/mol. The monoisotopic (exact) mass is 243 g/mol. The summed E-state index contributed by atoms with van der Waals surface area (Å²) in [5.74, 6) is -2.87. The molecule has 0 aromatic rings. The molecule has 0 bridgehead atoms. The number of nitrogens with one attached hydrogen (secondary N) is 1. The summed E-state index contributed by atoms with van der Waals surface area (Å²) in [7, 11) is 0. The first-order valence-electron chi connectivity index (χ1n) is 5.19. The summed E-state index contributed by atoms with van der Waals surface area (Å²) < 4.78 is 4.82. The maximum atomic E-state index is 11.5. The number of hydrogen-bond acceptors (Lipinski definition) is 4. The molecule has 6 nitrogen and oxygen atoms in total. The minimum absolute atomic E-state index is 0.189. The number of carbonyl (C=O) groups is 3. The Kier molecular flexibility index (Phi) is 6.62. The molecule has 0 aliphatic carbocycles. The van der Waals surface area contributed by atoms with Crippen LogP contribution in [0.25, 0.3) is 0 Å². The number of rotatable bonds is 7. The van der Waals surface area contributed by atoms with Gasteiger partial charge >= 0.3 is 11.9 Å². The van der Waals surface area contributed by atoms with E-state index >= 15 is 0 Å². The van der Waals surface area contributed by atoms with Gasteiger partial charge in [-0.25, -0.2) is 0 Å². The molecule has 17 heavy (non-hydrogen) atoms. The average molecular weight is 243 g/mol. The van der Waals surface area contributed by atoms with Gasteiger partial charge in [0, 0.05) is 6.54 Å². The van der Waals surface area contributed by atoms with Gasteiger partial charge in [-0.15, -0.1) is 6.58 Å². The van der Waals surface area contributed by atoms with Gasteiger partial charge in [-0.1, -0.05) is 19.9 Å². The second-order valence-corrected chi connectivity index (χ2v) is 3.71. The smallest absolute Gasteiger partial charge is 0.309 e. The van der Waals surface area contributed by atoms with E-state index in [0.717, 1.165) is 0 Å². The Morgan fingerprint density at radius 2 is 2.00 bits per heavy atom. The molecule has 0 saturated carbocycles. The maximum Gasteiger partial charge on any atom is 0.309 e. The van der Waals surface area contributed by atoms with Gasteiger partial charge in [0.05, 0.1) is 12.3 Å². The number of carbonyl (C=O) groups excluding carboxylic acids is 2. The SMILES string of the molecule is C=CCNC(=O)C(CC(=O)O)OC(=O)C(C)C. The molecule has 0 saturated heterocycles. The third kappa shape index (κ3) is 6.34. The average Bonchev–Trinajstić information content (AvgIpc) is 2.23. The normalized spacial score (nSPS) is 11.7. The lowest BCUT2D eigenvalue weighted by Gasteiger charge is -2.16. The Morgan fingerprint density at radius 3 is 2.41 bits per heavy atom. The molecule has 6 heteroatoms. The quantitative estimate of drug-likeness (QED) is 0.496. The number of ether oxygens (including phenoxy) is 1. The molecule has 0 rings (SSSR count). The molecule has 0 radical (unpaired) electrons. The number of aliphatic carboxylic acids is 1. The Balaban J connectivity index is 4.52. The highest BCUT2D eigenvalue weighted by Crippen LogP contribution is 2.05. The van der Waals surface area contributed by atoms with Crippen LogP contribution in [0, 0.1) is 5.92 Å². The van der Waals surface area contributed by atoms with Crippen molar-refractivity contribution in [1.82, 2.24) is 5.32 Å². The molecule has 1 atom stereocenters. The number of carboxylic acids is 1. The minimum atomic E-state index is -1.30. The molecule has 1 unspecified atom stereocenters. The summed E-state index contributed by atoms with van der Waals surface area (Å²) >= 11 is 0. The summed E-state index contributed by atoms with van der Waals surface area (Å²) in [6.07, 6.45) is -0.413. The van der Waals surface area contributed by atoms with Gasteiger partial charge in [-0.3, -0.25) is 14.4 Å². The fourth-order valence-electron chi connectivity index (χ4n) is 0.909. The summed E-state index contributed by atoms with van der Waals surface area (Å²) in [5.41, 5.74) is 0. The lowest BCUT2D eigenvalue weighted by atomic mass is 10.2. The van der Waals surface area contributed by atoms with E-state index in [1.165, 1.54) is 6.08 Å². The summed E-state index contributed by atoms with van der Waals surface area (Å²) in [6.45, 7) is 6.79. The van der Waals surface area contributed by atoms with Gasteiger partial charge in [-0.05, 0) is 0 Å². The van der Waals surface area contributed by atoms with Gasteiger partial charge < -0.3 is 15.2 Å². The van der Waals surface area contributed by atoms with E-state index in [2.05, 4.69) is 11.9 Å². The topological polar surface area (TPSA) is 92.7 Å². The highest BCUT2D eigenvalue weighted by Gasteiger charge is 2.26. The van der Waals surface area contributed by atoms with E-state index < -0.39 is 36.3 Å². The molecule has 0 spiro atoms. The van der Waals surface area contributed by atoms with Gasteiger partial charge in [0.1, 0.15) is 0 Å².